The summed E-state index contributed by atoms with van der Waals surface area (Å²) in [6, 6.07) is 8.11. The van der Waals surface area contributed by atoms with Gasteiger partial charge in [0, 0.05) is 6.42 Å². The molecule has 0 radical (unpaired) electrons. The Hall–Kier alpha value is -1.49. The molecular formula is C11H9BrFN3. The average Bonchev–Trinajstić information content (AvgIpc) is 2.27. The van der Waals surface area contributed by atoms with Crippen LogP contribution in [0, 0.1) is 5.82 Å². The lowest BCUT2D eigenvalue weighted by Gasteiger charge is -2.02. The van der Waals surface area contributed by atoms with Crippen molar-refractivity contribution in [3.05, 3.63) is 51.9 Å². The van der Waals surface area contributed by atoms with Crippen LogP contribution in [0.1, 0.15) is 11.3 Å². The van der Waals surface area contributed by atoms with Crippen LogP contribution in [0.4, 0.5) is 10.2 Å². The van der Waals surface area contributed by atoms with Gasteiger partial charge in [-0.2, -0.15) is 5.10 Å². The largest absolute Gasteiger partial charge is 0.381 e. The monoisotopic (exact) mass is 281 g/mol. The van der Waals surface area contributed by atoms with Crippen LogP contribution in [0.2, 0.25) is 0 Å². The Morgan fingerprint density at radius 3 is 2.50 bits per heavy atom. The summed E-state index contributed by atoms with van der Waals surface area (Å²) in [5.74, 6) is 0.121. The van der Waals surface area contributed by atoms with E-state index in [0.717, 1.165) is 15.7 Å². The van der Waals surface area contributed by atoms with Gasteiger partial charge in [-0.1, -0.05) is 12.1 Å². The van der Waals surface area contributed by atoms with Crippen LogP contribution in [-0.4, -0.2) is 10.2 Å². The highest BCUT2D eigenvalue weighted by Crippen LogP contribution is 2.17. The van der Waals surface area contributed by atoms with E-state index in [1.165, 1.54) is 12.1 Å². The fourth-order valence-corrected chi connectivity index (χ4v) is 1.66. The number of nitrogens with two attached hydrogens (primary N) is 1. The van der Waals surface area contributed by atoms with E-state index < -0.39 is 0 Å². The number of hydrogen-bond acceptors (Lipinski definition) is 3. The summed E-state index contributed by atoms with van der Waals surface area (Å²) in [4.78, 5) is 0. The second kappa shape index (κ2) is 4.57. The first kappa shape index (κ1) is 11.0. The zero-order chi connectivity index (χ0) is 11.5. The van der Waals surface area contributed by atoms with E-state index in [-0.39, 0.29) is 5.82 Å². The van der Waals surface area contributed by atoms with Crippen LogP contribution >= 0.6 is 15.9 Å². The number of rotatable bonds is 2. The predicted octanol–water partition coefficient (Wildman–Crippen LogP) is 2.55. The molecule has 82 valence electrons. The smallest absolute Gasteiger partial charge is 0.160 e. The number of anilines is 1. The molecule has 16 heavy (non-hydrogen) atoms. The van der Waals surface area contributed by atoms with Gasteiger partial charge in [0.05, 0.1) is 10.2 Å². The minimum atomic E-state index is -0.242. The van der Waals surface area contributed by atoms with Crippen molar-refractivity contribution in [3.8, 4) is 0 Å². The van der Waals surface area contributed by atoms with E-state index in [1.807, 2.05) is 6.07 Å². The van der Waals surface area contributed by atoms with Gasteiger partial charge in [-0.05, 0) is 39.7 Å². The average molecular weight is 282 g/mol. The molecule has 3 nitrogen and oxygen atoms in total. The molecule has 0 amide bonds. The van der Waals surface area contributed by atoms with Crippen molar-refractivity contribution in [3.63, 3.8) is 0 Å². The lowest BCUT2D eigenvalue weighted by Crippen LogP contribution is -1.99. The Bertz CT molecular complexity index is 499. The molecule has 0 saturated heterocycles. The zero-order valence-electron chi connectivity index (χ0n) is 8.32. The van der Waals surface area contributed by atoms with Crippen LogP contribution in [0.3, 0.4) is 0 Å². The predicted molar refractivity (Wildman–Crippen MR) is 63.4 cm³/mol. The van der Waals surface area contributed by atoms with Gasteiger partial charge in [0.2, 0.25) is 0 Å². The molecule has 0 bridgehead atoms. The van der Waals surface area contributed by atoms with Crippen molar-refractivity contribution in [2.75, 3.05) is 5.73 Å². The summed E-state index contributed by atoms with van der Waals surface area (Å²) in [5.41, 5.74) is 7.30. The van der Waals surface area contributed by atoms with Gasteiger partial charge in [0.1, 0.15) is 5.82 Å². The van der Waals surface area contributed by atoms with Crippen LogP contribution in [0.15, 0.2) is 34.8 Å². The molecule has 0 spiro atoms. The van der Waals surface area contributed by atoms with Gasteiger partial charge in [-0.25, -0.2) is 4.39 Å². The van der Waals surface area contributed by atoms with Crippen molar-refractivity contribution in [1.82, 2.24) is 10.2 Å². The standard InChI is InChI=1S/C11H9BrFN3/c12-10-6-9(15-16-11(10)14)5-7-1-3-8(13)4-2-7/h1-4,6H,5H2,(H2,14,16). The highest BCUT2D eigenvalue weighted by atomic mass is 79.9. The number of halogens is 2. The van der Waals surface area contributed by atoms with Gasteiger partial charge in [-0.15, -0.1) is 5.10 Å². The molecule has 1 heterocycles. The van der Waals surface area contributed by atoms with Gasteiger partial charge in [0.15, 0.2) is 5.82 Å². The van der Waals surface area contributed by atoms with Crippen LogP contribution in [-0.2, 0) is 6.42 Å². The Labute approximate surface area is 101 Å². The van der Waals surface area contributed by atoms with Gasteiger partial charge in [0.25, 0.3) is 0 Å². The quantitative estimate of drug-likeness (QED) is 0.921. The SMILES string of the molecule is Nc1nnc(Cc2ccc(F)cc2)cc1Br. The fourth-order valence-electron chi connectivity index (χ4n) is 1.31. The molecule has 0 atom stereocenters. The van der Waals surface area contributed by atoms with Crippen LogP contribution < -0.4 is 5.73 Å². The summed E-state index contributed by atoms with van der Waals surface area (Å²) in [6.07, 6.45) is 0.603. The molecule has 0 aliphatic heterocycles. The maximum atomic E-state index is 12.7. The topological polar surface area (TPSA) is 51.8 Å². The van der Waals surface area contributed by atoms with Crippen molar-refractivity contribution in [1.29, 1.82) is 0 Å². The second-order valence-corrected chi connectivity index (χ2v) is 4.23. The van der Waals surface area contributed by atoms with Crippen LogP contribution in [0.5, 0.6) is 0 Å². The van der Waals surface area contributed by atoms with E-state index in [1.54, 1.807) is 12.1 Å². The first-order valence-corrected chi connectivity index (χ1v) is 5.46. The fraction of sp³-hybridized carbons (Fsp3) is 0.0909. The molecule has 1 aromatic carbocycles. The molecule has 5 heteroatoms. The van der Waals surface area contributed by atoms with Crippen molar-refractivity contribution < 1.29 is 4.39 Å². The molecule has 2 N–H and O–H groups in total. The highest BCUT2D eigenvalue weighted by Gasteiger charge is 2.03. The van der Waals surface area contributed by atoms with Crippen molar-refractivity contribution >= 4 is 21.7 Å². The van der Waals surface area contributed by atoms with Gasteiger partial charge < -0.3 is 5.73 Å². The van der Waals surface area contributed by atoms with Crippen molar-refractivity contribution in [2.24, 2.45) is 0 Å². The maximum absolute atomic E-state index is 12.7. The van der Waals surface area contributed by atoms with E-state index >= 15 is 0 Å². The molecule has 2 rings (SSSR count). The molecule has 0 fully saturated rings. The summed E-state index contributed by atoms with van der Waals surface area (Å²) in [6.45, 7) is 0. The third-order valence-electron chi connectivity index (χ3n) is 2.12. The third kappa shape index (κ3) is 2.55. The first-order chi connectivity index (χ1) is 7.65. The first-order valence-electron chi connectivity index (χ1n) is 4.67. The van der Waals surface area contributed by atoms with Gasteiger partial charge >= 0.3 is 0 Å². The Morgan fingerprint density at radius 2 is 1.88 bits per heavy atom. The normalized spacial score (nSPS) is 10.4. The minimum absolute atomic E-state index is 0.242. The van der Waals surface area contributed by atoms with Crippen LogP contribution in [0.25, 0.3) is 0 Å². The number of nitrogen functional groups attached to an aromatic ring is 1. The van der Waals surface area contributed by atoms with E-state index in [4.69, 9.17) is 5.73 Å². The maximum Gasteiger partial charge on any atom is 0.160 e. The molecule has 0 unspecified atom stereocenters. The minimum Gasteiger partial charge on any atom is -0.381 e. The Balaban J connectivity index is 2.20. The molecular weight excluding hydrogens is 273 g/mol. The number of nitrogens with zero attached hydrogens (tertiary/aromatic N) is 2. The molecule has 0 aliphatic carbocycles. The molecule has 0 saturated carbocycles. The second-order valence-electron chi connectivity index (χ2n) is 3.37. The van der Waals surface area contributed by atoms with E-state index in [9.17, 15) is 4.39 Å². The van der Waals surface area contributed by atoms with E-state index in [0.29, 0.717) is 12.2 Å². The number of hydrogen-bond donors (Lipinski definition) is 1. The molecule has 0 aliphatic rings. The third-order valence-corrected chi connectivity index (χ3v) is 2.76. The van der Waals surface area contributed by atoms with Crippen molar-refractivity contribution in [2.45, 2.75) is 6.42 Å². The lowest BCUT2D eigenvalue weighted by atomic mass is 10.1. The summed E-state index contributed by atoms with van der Waals surface area (Å²) >= 11 is 3.28. The summed E-state index contributed by atoms with van der Waals surface area (Å²) in [7, 11) is 0. The highest BCUT2D eigenvalue weighted by molar-refractivity contribution is 9.10. The lowest BCUT2D eigenvalue weighted by molar-refractivity contribution is 0.627. The summed E-state index contributed by atoms with van der Waals surface area (Å²) in [5, 5.41) is 7.76. The zero-order valence-corrected chi connectivity index (χ0v) is 9.91. The number of benzene rings is 1. The Kier molecular flexibility index (Phi) is 3.14. The number of aromatic nitrogens is 2. The molecule has 1 aromatic heterocycles. The Morgan fingerprint density at radius 1 is 1.19 bits per heavy atom. The molecule has 2 aromatic rings. The van der Waals surface area contributed by atoms with Gasteiger partial charge in [-0.3, -0.25) is 0 Å². The summed E-state index contributed by atoms with van der Waals surface area (Å²) < 4.78 is 13.4. The van der Waals surface area contributed by atoms with E-state index in [2.05, 4.69) is 26.1 Å².